The summed E-state index contributed by atoms with van der Waals surface area (Å²) >= 11 is 1.06. The van der Waals surface area contributed by atoms with Crippen molar-refractivity contribution in [3.63, 3.8) is 0 Å². The first-order valence-corrected chi connectivity index (χ1v) is 16.1. The van der Waals surface area contributed by atoms with E-state index in [-0.39, 0.29) is 0 Å². The van der Waals surface area contributed by atoms with E-state index in [1.165, 1.54) is 5.56 Å². The third-order valence-electron chi connectivity index (χ3n) is 1.58. The predicted molar refractivity (Wildman–Crippen MR) is 62.3 cm³/mol. The number of aryl methyl sites for hydroxylation is 1. The van der Waals surface area contributed by atoms with Crippen LogP contribution in [-0.4, -0.2) is 14.2 Å². The van der Waals surface area contributed by atoms with Gasteiger partial charge in [0.1, 0.15) is 0 Å². The molecule has 0 aromatic heterocycles. The molecule has 0 nitrogen and oxygen atoms in total. The molecular weight excluding hydrogens is 363 g/mol. The van der Waals surface area contributed by atoms with E-state index in [0.29, 0.717) is 0 Å². The Morgan fingerprint density at radius 2 is 1.55 bits per heavy atom. The Kier molecular flexibility index (Phi) is 3.25. The van der Waals surface area contributed by atoms with Crippen LogP contribution in [0.2, 0.25) is 9.94 Å². The van der Waals surface area contributed by atoms with E-state index >= 15 is 0 Å². The van der Waals surface area contributed by atoms with Gasteiger partial charge in [0.05, 0.1) is 0 Å². The van der Waals surface area contributed by atoms with Crippen molar-refractivity contribution in [3.8, 4) is 0 Å². The minimum atomic E-state index is -1.58. The van der Waals surface area contributed by atoms with Gasteiger partial charge in [0, 0.05) is 0 Å². The van der Waals surface area contributed by atoms with Crippen molar-refractivity contribution in [1.82, 2.24) is 0 Å². The molecule has 0 spiro atoms. The fourth-order valence-electron chi connectivity index (χ4n) is 0.862. The fourth-order valence-corrected chi connectivity index (χ4v) is 5.07. The molecule has 0 bridgehead atoms. The summed E-state index contributed by atoms with van der Waals surface area (Å²) in [6, 6.07) is 8.98. The van der Waals surface area contributed by atoms with Gasteiger partial charge in [-0.25, -0.2) is 0 Å². The monoisotopic (exact) mass is 378 g/mol. The van der Waals surface area contributed by atoms with Crippen molar-refractivity contribution in [3.05, 3.63) is 29.8 Å². The van der Waals surface area contributed by atoms with Gasteiger partial charge in [-0.05, 0) is 0 Å². The summed E-state index contributed by atoms with van der Waals surface area (Å²) in [6.07, 6.45) is 0. The first kappa shape index (κ1) is 9.82. The van der Waals surface area contributed by atoms with Gasteiger partial charge in [0.25, 0.3) is 0 Å². The molecule has 0 aliphatic carbocycles. The number of benzene rings is 1. The van der Waals surface area contributed by atoms with E-state index in [1.807, 2.05) is 0 Å². The van der Waals surface area contributed by atoms with Crippen molar-refractivity contribution in [2.24, 2.45) is 0 Å². The Hall–Kier alpha value is 0.740. The third-order valence-corrected chi connectivity index (χ3v) is 8.97. The standard InChI is InChI=1S/C9H13ITe/c1-8-4-6-9(7-5-8)11(2,3)10/h4-7H,1-3H3. The molecule has 1 aromatic carbocycles. The van der Waals surface area contributed by atoms with Crippen LogP contribution in [0.25, 0.3) is 0 Å². The average Bonchev–Trinajstić information content (AvgIpc) is 1.86. The summed E-state index contributed by atoms with van der Waals surface area (Å²) < 4.78 is 1.58. The molecule has 0 aliphatic heterocycles. The quantitative estimate of drug-likeness (QED) is 0.523. The van der Waals surface area contributed by atoms with Crippen molar-refractivity contribution < 1.29 is 0 Å². The van der Waals surface area contributed by atoms with Crippen LogP contribution in [0.5, 0.6) is 0 Å². The summed E-state index contributed by atoms with van der Waals surface area (Å²) in [4.78, 5) is 4.82. The van der Waals surface area contributed by atoms with Crippen LogP contribution < -0.4 is 3.61 Å². The summed E-state index contributed by atoms with van der Waals surface area (Å²) in [6.45, 7) is 2.14. The Bertz CT molecular complexity index is 233. The summed E-state index contributed by atoms with van der Waals surface area (Å²) in [5.74, 6) is 0. The van der Waals surface area contributed by atoms with Crippen LogP contribution in [0.3, 0.4) is 0 Å². The van der Waals surface area contributed by atoms with Crippen molar-refractivity contribution >= 4 is 36.5 Å². The van der Waals surface area contributed by atoms with Crippen LogP contribution in [0.4, 0.5) is 0 Å². The van der Waals surface area contributed by atoms with Crippen molar-refractivity contribution in [1.29, 1.82) is 0 Å². The molecule has 0 heterocycles. The number of halogens is 1. The molecule has 62 valence electrons. The van der Waals surface area contributed by atoms with Gasteiger partial charge < -0.3 is 0 Å². The molecule has 0 fully saturated rings. The molecule has 0 radical (unpaired) electrons. The first-order valence-electron chi connectivity index (χ1n) is 3.50. The third kappa shape index (κ3) is 2.93. The Morgan fingerprint density at radius 1 is 1.09 bits per heavy atom. The Morgan fingerprint density at radius 3 is 1.91 bits per heavy atom. The normalized spacial score (nSPS) is 13.1. The van der Waals surface area contributed by atoms with Gasteiger partial charge in [-0.15, -0.1) is 0 Å². The molecule has 11 heavy (non-hydrogen) atoms. The zero-order chi connectivity index (χ0) is 8.48. The van der Waals surface area contributed by atoms with Crippen LogP contribution in [-0.2, 0) is 0 Å². The molecule has 0 aliphatic rings. The van der Waals surface area contributed by atoms with E-state index in [4.69, 9.17) is 0 Å². The van der Waals surface area contributed by atoms with E-state index in [2.05, 4.69) is 59.8 Å². The number of rotatable bonds is 1. The van der Waals surface area contributed by atoms with Crippen LogP contribution in [0.15, 0.2) is 24.3 Å². The molecule has 0 unspecified atom stereocenters. The summed E-state index contributed by atoms with van der Waals surface area (Å²) in [5, 5.41) is 0. The number of hydrogen-bond donors (Lipinski definition) is 0. The van der Waals surface area contributed by atoms with Crippen LogP contribution in [0.1, 0.15) is 5.56 Å². The summed E-state index contributed by atoms with van der Waals surface area (Å²) in [7, 11) is 0. The Balaban J connectivity index is 2.99. The molecular formula is C9H13ITe. The first-order chi connectivity index (χ1) is 5.00. The van der Waals surface area contributed by atoms with Gasteiger partial charge in [-0.1, -0.05) is 0 Å². The predicted octanol–water partition coefficient (Wildman–Crippen LogP) is 2.84. The van der Waals surface area contributed by atoms with E-state index in [9.17, 15) is 0 Å². The molecule has 0 atom stereocenters. The zero-order valence-corrected chi connectivity index (χ0v) is 11.6. The zero-order valence-electron chi connectivity index (χ0n) is 7.10. The molecule has 0 amide bonds. The second-order valence-corrected chi connectivity index (χ2v) is 26.0. The maximum atomic E-state index is 2.64. The van der Waals surface area contributed by atoms with Gasteiger partial charge in [-0.2, -0.15) is 0 Å². The minimum absolute atomic E-state index is 1.36. The second kappa shape index (κ2) is 3.64. The maximum absolute atomic E-state index is 2.64. The van der Waals surface area contributed by atoms with E-state index in [1.54, 1.807) is 3.61 Å². The SMILES string of the molecule is Cc1ccc([Te](C)(C)I)cc1. The number of hydrogen-bond acceptors (Lipinski definition) is 0. The second-order valence-electron chi connectivity index (χ2n) is 3.02. The van der Waals surface area contributed by atoms with E-state index in [0.717, 1.165) is 0 Å². The molecule has 0 N–H and O–H groups in total. The fraction of sp³-hybridized carbons (Fsp3) is 0.333. The topological polar surface area (TPSA) is 0 Å². The van der Waals surface area contributed by atoms with Crippen LogP contribution >= 0.6 is 18.7 Å². The van der Waals surface area contributed by atoms with Crippen LogP contribution in [0, 0.1) is 6.92 Å². The van der Waals surface area contributed by atoms with Gasteiger partial charge in [0.2, 0.25) is 0 Å². The summed E-state index contributed by atoms with van der Waals surface area (Å²) in [5.41, 5.74) is 1.36. The molecule has 2 heteroatoms. The molecule has 0 saturated carbocycles. The van der Waals surface area contributed by atoms with E-state index < -0.39 is 14.2 Å². The van der Waals surface area contributed by atoms with Gasteiger partial charge in [-0.3, -0.25) is 0 Å². The Labute approximate surface area is 82.5 Å². The average molecular weight is 376 g/mol. The van der Waals surface area contributed by atoms with Gasteiger partial charge in [0.15, 0.2) is 0 Å². The molecule has 1 aromatic rings. The van der Waals surface area contributed by atoms with Crippen molar-refractivity contribution in [2.45, 2.75) is 16.9 Å². The van der Waals surface area contributed by atoms with Gasteiger partial charge >= 0.3 is 83.2 Å². The molecule has 0 saturated heterocycles. The molecule has 1 rings (SSSR count). The van der Waals surface area contributed by atoms with Crippen molar-refractivity contribution in [2.75, 3.05) is 0 Å².